The lowest BCUT2D eigenvalue weighted by Gasteiger charge is -2.41. The number of carbonyl (C=O) groups is 1. The van der Waals surface area contributed by atoms with Crippen LogP contribution in [0.25, 0.3) is 0 Å². The molecule has 8 nitrogen and oxygen atoms in total. The second-order valence-corrected chi connectivity index (χ2v) is 12.5. The fraction of sp³-hybridized carbons (Fsp3) is 0.273. The molecule has 1 saturated heterocycles. The molecule has 5 atom stereocenters. The zero-order chi connectivity index (χ0) is 35.8. The smallest absolute Gasteiger partial charge is 0.333 e. The van der Waals surface area contributed by atoms with Gasteiger partial charge in [-0.3, -0.25) is 4.99 Å². The minimum absolute atomic E-state index is 0.0704. The summed E-state index contributed by atoms with van der Waals surface area (Å²) >= 11 is 0. The number of hydrogen-bond acceptors (Lipinski definition) is 8. The number of rotatable bonds is 17. The van der Waals surface area contributed by atoms with Gasteiger partial charge in [0.2, 0.25) is 0 Å². The summed E-state index contributed by atoms with van der Waals surface area (Å²) in [5.74, 6) is -0.510. The zero-order valence-electron chi connectivity index (χ0n) is 29.4. The molecule has 0 bridgehead atoms. The van der Waals surface area contributed by atoms with Gasteiger partial charge in [-0.15, -0.1) is 0 Å². The number of aliphatic imine (C=N–C) groups is 1. The van der Waals surface area contributed by atoms with Gasteiger partial charge in [-0.05, 0) is 16.7 Å². The van der Waals surface area contributed by atoms with E-state index in [-0.39, 0.29) is 13.2 Å². The second kappa shape index (κ2) is 19.6. The van der Waals surface area contributed by atoms with E-state index in [1.807, 2.05) is 152 Å². The van der Waals surface area contributed by atoms with Crippen molar-refractivity contribution in [3.63, 3.8) is 0 Å². The molecule has 0 amide bonds. The molecule has 0 aromatic heterocycles. The van der Waals surface area contributed by atoms with Crippen molar-refractivity contribution in [1.82, 2.24) is 0 Å². The van der Waals surface area contributed by atoms with Gasteiger partial charge in [0.15, 0.2) is 12.3 Å². The van der Waals surface area contributed by atoms with E-state index in [0.29, 0.717) is 32.0 Å². The van der Waals surface area contributed by atoms with Crippen LogP contribution in [0.3, 0.4) is 0 Å². The Morgan fingerprint density at radius 2 is 1.13 bits per heavy atom. The van der Waals surface area contributed by atoms with Crippen LogP contribution < -0.4 is 0 Å². The highest BCUT2D eigenvalue weighted by Crippen LogP contribution is 2.29. The Hall–Kier alpha value is -4.96. The Balaban J connectivity index is 1.24. The standard InChI is InChI=1S/C44H45NO7/c1-47-44(46)38(45-42(36-23-13-5-14-24-36)37-25-15-6-16-26-37)31-50-41-27-39(49-29-34-19-9-3-10-20-34)43(51-30-35-21-11-4-12-22-35)40(52-41)32-48-28-33-17-7-2-8-18-33/h2-26,38-41,43H,27-32H2,1H3/t38-,39+,40+,41-,43-/m0/s1. The van der Waals surface area contributed by atoms with Gasteiger partial charge in [0.25, 0.3) is 0 Å². The molecule has 8 heteroatoms. The molecular weight excluding hydrogens is 654 g/mol. The monoisotopic (exact) mass is 699 g/mol. The number of ether oxygens (including phenoxy) is 6. The van der Waals surface area contributed by atoms with Crippen molar-refractivity contribution in [2.75, 3.05) is 20.3 Å². The first-order valence-electron chi connectivity index (χ1n) is 17.6. The third-order valence-corrected chi connectivity index (χ3v) is 8.76. The Kier molecular flexibility index (Phi) is 13.9. The Labute approximate surface area is 306 Å². The minimum Gasteiger partial charge on any atom is -0.467 e. The van der Waals surface area contributed by atoms with E-state index in [0.717, 1.165) is 27.8 Å². The summed E-state index contributed by atoms with van der Waals surface area (Å²) in [5.41, 5.74) is 5.55. The normalized spacial score (nSPS) is 19.0. The Bertz CT molecular complexity index is 1750. The average Bonchev–Trinajstić information content (AvgIpc) is 3.21. The van der Waals surface area contributed by atoms with Crippen LogP contribution in [-0.2, 0) is 53.0 Å². The number of carbonyl (C=O) groups excluding carboxylic acids is 1. The van der Waals surface area contributed by atoms with Crippen molar-refractivity contribution in [3.05, 3.63) is 179 Å². The molecule has 0 saturated carbocycles. The molecule has 52 heavy (non-hydrogen) atoms. The van der Waals surface area contributed by atoms with Gasteiger partial charge in [0.05, 0.1) is 52.0 Å². The molecule has 6 rings (SSSR count). The molecule has 268 valence electrons. The quantitative estimate of drug-likeness (QED) is 0.0731. The highest BCUT2D eigenvalue weighted by atomic mass is 16.7. The minimum atomic E-state index is -0.951. The van der Waals surface area contributed by atoms with Gasteiger partial charge in [-0.1, -0.05) is 152 Å². The summed E-state index contributed by atoms with van der Waals surface area (Å²) in [6.45, 7) is 1.34. The van der Waals surface area contributed by atoms with Crippen molar-refractivity contribution in [3.8, 4) is 0 Å². The van der Waals surface area contributed by atoms with E-state index in [9.17, 15) is 4.79 Å². The average molecular weight is 700 g/mol. The number of nitrogens with zero attached hydrogens (tertiary/aromatic N) is 1. The maximum absolute atomic E-state index is 13.2. The Morgan fingerprint density at radius 1 is 0.654 bits per heavy atom. The lowest BCUT2D eigenvalue weighted by atomic mass is 10.0. The first-order chi connectivity index (χ1) is 25.7. The van der Waals surface area contributed by atoms with Gasteiger partial charge in [-0.25, -0.2) is 4.79 Å². The summed E-state index contributed by atoms with van der Waals surface area (Å²) < 4.78 is 37.6. The summed E-state index contributed by atoms with van der Waals surface area (Å²) in [5, 5.41) is 0. The molecule has 0 unspecified atom stereocenters. The molecule has 1 aliphatic rings. The second-order valence-electron chi connectivity index (χ2n) is 12.5. The predicted molar refractivity (Wildman–Crippen MR) is 200 cm³/mol. The maximum atomic E-state index is 13.2. The fourth-order valence-corrected chi connectivity index (χ4v) is 6.08. The molecule has 1 heterocycles. The molecule has 0 aliphatic carbocycles. The summed E-state index contributed by atoms with van der Waals surface area (Å²) in [4.78, 5) is 18.1. The van der Waals surface area contributed by atoms with Crippen LogP contribution in [-0.4, -0.2) is 62.6 Å². The van der Waals surface area contributed by atoms with E-state index < -0.39 is 36.6 Å². The highest BCUT2D eigenvalue weighted by molar-refractivity contribution is 6.13. The summed E-state index contributed by atoms with van der Waals surface area (Å²) in [6.07, 6.45) is -1.77. The lowest BCUT2D eigenvalue weighted by Crippen LogP contribution is -2.53. The van der Waals surface area contributed by atoms with Crippen molar-refractivity contribution < 1.29 is 33.2 Å². The molecule has 5 aromatic rings. The fourth-order valence-electron chi connectivity index (χ4n) is 6.08. The van der Waals surface area contributed by atoms with E-state index in [1.54, 1.807) is 0 Å². The van der Waals surface area contributed by atoms with Crippen LogP contribution in [0, 0.1) is 0 Å². The SMILES string of the molecule is COC(=O)[C@H](CO[C@@H]1C[C@@H](OCc2ccccc2)[C@H](OCc2ccccc2)[C@@H](COCc2ccccc2)O1)N=C(c1ccccc1)c1ccccc1. The number of hydrogen-bond donors (Lipinski definition) is 0. The highest BCUT2D eigenvalue weighted by Gasteiger charge is 2.41. The molecule has 1 aliphatic heterocycles. The number of esters is 1. The van der Waals surface area contributed by atoms with Crippen LogP contribution in [0.4, 0.5) is 0 Å². The van der Waals surface area contributed by atoms with Crippen LogP contribution in [0.5, 0.6) is 0 Å². The predicted octanol–water partition coefficient (Wildman–Crippen LogP) is 7.58. The van der Waals surface area contributed by atoms with Gasteiger partial charge in [0.1, 0.15) is 12.2 Å². The maximum Gasteiger partial charge on any atom is 0.333 e. The zero-order valence-corrected chi connectivity index (χ0v) is 29.4. The van der Waals surface area contributed by atoms with Crippen LogP contribution in [0.1, 0.15) is 34.2 Å². The number of benzene rings is 5. The molecular formula is C44H45NO7. The van der Waals surface area contributed by atoms with Crippen molar-refractivity contribution in [2.24, 2.45) is 4.99 Å². The summed E-state index contributed by atoms with van der Waals surface area (Å²) in [7, 11) is 1.36. The number of methoxy groups -OCH3 is 1. The molecule has 5 aromatic carbocycles. The largest absolute Gasteiger partial charge is 0.467 e. The molecule has 1 fully saturated rings. The summed E-state index contributed by atoms with van der Waals surface area (Å²) in [6, 6.07) is 48.6. The molecule has 0 radical (unpaired) electrons. The Morgan fingerprint density at radius 3 is 1.65 bits per heavy atom. The van der Waals surface area contributed by atoms with E-state index in [4.69, 9.17) is 33.4 Å². The van der Waals surface area contributed by atoms with Gasteiger partial charge in [-0.2, -0.15) is 0 Å². The first kappa shape index (κ1) is 36.8. The molecule has 0 N–H and O–H groups in total. The van der Waals surface area contributed by atoms with E-state index in [2.05, 4.69) is 0 Å². The first-order valence-corrected chi connectivity index (χ1v) is 17.6. The third-order valence-electron chi connectivity index (χ3n) is 8.76. The van der Waals surface area contributed by atoms with E-state index in [1.165, 1.54) is 7.11 Å². The van der Waals surface area contributed by atoms with Crippen LogP contribution in [0.2, 0.25) is 0 Å². The third kappa shape index (κ3) is 10.8. The van der Waals surface area contributed by atoms with Gasteiger partial charge < -0.3 is 28.4 Å². The van der Waals surface area contributed by atoms with E-state index >= 15 is 0 Å². The molecule has 0 spiro atoms. The van der Waals surface area contributed by atoms with Crippen molar-refractivity contribution in [1.29, 1.82) is 0 Å². The van der Waals surface area contributed by atoms with Crippen molar-refractivity contribution >= 4 is 11.7 Å². The topological polar surface area (TPSA) is 84.8 Å². The van der Waals surface area contributed by atoms with Crippen molar-refractivity contribution in [2.45, 2.75) is 56.9 Å². The van der Waals surface area contributed by atoms with Crippen LogP contribution in [0.15, 0.2) is 157 Å². The van der Waals surface area contributed by atoms with Gasteiger partial charge >= 0.3 is 5.97 Å². The van der Waals surface area contributed by atoms with Gasteiger partial charge in [0, 0.05) is 17.5 Å². The lowest BCUT2D eigenvalue weighted by molar-refractivity contribution is -0.279. The van der Waals surface area contributed by atoms with Crippen LogP contribution >= 0.6 is 0 Å².